The maximum Gasteiger partial charge on any atom is 0.0577 e. The second-order valence-corrected chi connectivity index (χ2v) is 11.2. The minimum Gasteiger partial charge on any atom is -0.550 e. The van der Waals surface area contributed by atoms with Crippen LogP contribution in [-0.4, -0.2) is 17.2 Å². The molecular weight excluding hydrogens is 336 g/mol. The second kappa shape index (κ2) is 7.04. The van der Waals surface area contributed by atoms with E-state index in [9.17, 15) is 15.0 Å². The molecule has 0 aromatic rings. The summed E-state index contributed by atoms with van der Waals surface area (Å²) >= 11 is 0. The molecule has 0 aromatic heterocycles. The molecule has 0 aromatic carbocycles. The van der Waals surface area contributed by atoms with Crippen LogP contribution in [0.4, 0.5) is 0 Å². The van der Waals surface area contributed by atoms with Crippen LogP contribution in [0.1, 0.15) is 91.4 Å². The lowest BCUT2D eigenvalue weighted by atomic mass is 9.44. The first-order chi connectivity index (χ1) is 12.8. The summed E-state index contributed by atoms with van der Waals surface area (Å²) in [6.07, 6.45) is 12.2. The van der Waals surface area contributed by atoms with Crippen LogP contribution in [0.2, 0.25) is 0 Å². The van der Waals surface area contributed by atoms with Crippen molar-refractivity contribution >= 4 is 5.97 Å². The first kappa shape index (κ1) is 19.7. The molecule has 0 amide bonds. The molecule has 1 N–H and O–H groups in total. The van der Waals surface area contributed by atoms with Gasteiger partial charge in [0.25, 0.3) is 0 Å². The van der Waals surface area contributed by atoms with Crippen LogP contribution < -0.4 is 5.11 Å². The van der Waals surface area contributed by atoms with Gasteiger partial charge in [-0.2, -0.15) is 0 Å². The van der Waals surface area contributed by atoms with Crippen LogP contribution in [0, 0.1) is 46.3 Å². The minimum absolute atomic E-state index is 0.118. The standard InChI is InChI=1S/C24H40O3/c1-15(7-10-21(26)27)17-8-9-18-22-19(11-13-24(17,18)3)23(2)12-5-4-6-16(23)14-20(22)25/h15-20,22,25H,4-14H2,1-3H3,(H,26,27)/p-1/t15-,16-,17+,18-,19+,20+,22+,23-,24+/m0/s1. The number of carboxylic acids is 1. The van der Waals surface area contributed by atoms with Gasteiger partial charge in [0.2, 0.25) is 0 Å². The molecule has 3 heteroatoms. The Morgan fingerprint density at radius 2 is 1.81 bits per heavy atom. The highest BCUT2D eigenvalue weighted by molar-refractivity contribution is 5.64. The van der Waals surface area contributed by atoms with Crippen molar-refractivity contribution in [2.24, 2.45) is 46.3 Å². The number of hydrogen-bond acceptors (Lipinski definition) is 3. The average molecular weight is 376 g/mol. The molecular formula is C24H39O3-. The van der Waals surface area contributed by atoms with E-state index < -0.39 is 5.97 Å². The number of hydrogen-bond donors (Lipinski definition) is 1. The topological polar surface area (TPSA) is 60.4 Å². The van der Waals surface area contributed by atoms with Gasteiger partial charge in [-0.05, 0) is 104 Å². The number of aliphatic hydroxyl groups is 1. The van der Waals surface area contributed by atoms with Crippen LogP contribution in [0.5, 0.6) is 0 Å². The van der Waals surface area contributed by atoms with E-state index in [2.05, 4.69) is 20.8 Å². The van der Waals surface area contributed by atoms with Crippen molar-refractivity contribution in [2.75, 3.05) is 0 Å². The van der Waals surface area contributed by atoms with Crippen molar-refractivity contribution in [3.63, 3.8) is 0 Å². The number of aliphatic hydroxyl groups excluding tert-OH is 1. The predicted molar refractivity (Wildman–Crippen MR) is 105 cm³/mol. The Balaban J connectivity index is 1.56. The Hall–Kier alpha value is -0.570. The van der Waals surface area contributed by atoms with Crippen LogP contribution >= 0.6 is 0 Å². The summed E-state index contributed by atoms with van der Waals surface area (Å²) in [5.74, 6) is 2.65. The third kappa shape index (κ3) is 3.07. The fraction of sp³-hybridized carbons (Fsp3) is 0.958. The van der Waals surface area contributed by atoms with Crippen molar-refractivity contribution in [3.05, 3.63) is 0 Å². The largest absolute Gasteiger partial charge is 0.550 e. The van der Waals surface area contributed by atoms with Gasteiger partial charge >= 0.3 is 0 Å². The van der Waals surface area contributed by atoms with Gasteiger partial charge < -0.3 is 15.0 Å². The predicted octanol–water partition coefficient (Wildman–Crippen LogP) is 4.17. The van der Waals surface area contributed by atoms with E-state index >= 15 is 0 Å². The van der Waals surface area contributed by atoms with Crippen LogP contribution in [0.25, 0.3) is 0 Å². The smallest absolute Gasteiger partial charge is 0.0577 e. The zero-order valence-electron chi connectivity index (χ0n) is 17.6. The van der Waals surface area contributed by atoms with Crippen molar-refractivity contribution < 1.29 is 15.0 Å². The highest BCUT2D eigenvalue weighted by atomic mass is 16.4. The second-order valence-electron chi connectivity index (χ2n) is 11.2. The number of carbonyl (C=O) groups excluding carboxylic acids is 1. The summed E-state index contributed by atoms with van der Waals surface area (Å²) in [4.78, 5) is 10.9. The molecule has 4 aliphatic rings. The van der Waals surface area contributed by atoms with E-state index in [1.807, 2.05) is 0 Å². The van der Waals surface area contributed by atoms with Gasteiger partial charge in [0.15, 0.2) is 0 Å². The van der Waals surface area contributed by atoms with E-state index in [1.165, 1.54) is 51.4 Å². The molecule has 154 valence electrons. The highest BCUT2D eigenvalue weighted by Crippen LogP contribution is 2.68. The van der Waals surface area contributed by atoms with Crippen molar-refractivity contribution in [2.45, 2.75) is 97.5 Å². The Morgan fingerprint density at radius 3 is 2.56 bits per heavy atom. The Kier molecular flexibility index (Phi) is 5.15. The molecule has 9 atom stereocenters. The van der Waals surface area contributed by atoms with Crippen LogP contribution in [-0.2, 0) is 4.79 Å². The fourth-order valence-corrected chi connectivity index (χ4v) is 8.78. The van der Waals surface area contributed by atoms with Gasteiger partial charge in [0.05, 0.1) is 6.10 Å². The lowest BCUT2D eigenvalue weighted by molar-refractivity contribution is -0.306. The third-order valence-corrected chi connectivity index (χ3v) is 10.2. The lowest BCUT2D eigenvalue weighted by Gasteiger charge is -2.62. The minimum atomic E-state index is -0.913. The fourth-order valence-electron chi connectivity index (χ4n) is 8.78. The van der Waals surface area contributed by atoms with Crippen molar-refractivity contribution in [1.82, 2.24) is 0 Å². The zero-order valence-corrected chi connectivity index (χ0v) is 17.6. The summed E-state index contributed by atoms with van der Waals surface area (Å²) < 4.78 is 0. The molecule has 0 spiro atoms. The molecule has 4 fully saturated rings. The molecule has 0 saturated heterocycles. The third-order valence-electron chi connectivity index (χ3n) is 10.2. The van der Waals surface area contributed by atoms with Gasteiger partial charge in [0.1, 0.15) is 0 Å². The normalized spacial score (nSPS) is 50.4. The molecule has 4 rings (SSSR count). The van der Waals surface area contributed by atoms with E-state index in [1.54, 1.807) is 0 Å². The van der Waals surface area contributed by atoms with E-state index in [0.717, 1.165) is 18.8 Å². The first-order valence-corrected chi connectivity index (χ1v) is 11.7. The molecule has 0 bridgehead atoms. The molecule has 27 heavy (non-hydrogen) atoms. The van der Waals surface area contributed by atoms with E-state index in [0.29, 0.717) is 35.0 Å². The van der Waals surface area contributed by atoms with Gasteiger partial charge in [-0.25, -0.2) is 0 Å². The summed E-state index contributed by atoms with van der Waals surface area (Å²) in [7, 11) is 0. The Labute approximate surface area is 165 Å². The summed E-state index contributed by atoms with van der Waals surface area (Å²) in [6.45, 7) is 7.28. The molecule has 0 heterocycles. The molecule has 0 aliphatic heterocycles. The van der Waals surface area contributed by atoms with Gasteiger partial charge in [-0.15, -0.1) is 0 Å². The molecule has 0 unspecified atom stereocenters. The monoisotopic (exact) mass is 375 g/mol. The maximum absolute atomic E-state index is 11.2. The van der Waals surface area contributed by atoms with Gasteiger partial charge in [-0.1, -0.05) is 33.6 Å². The number of aliphatic carboxylic acids is 1. The molecule has 3 nitrogen and oxygen atoms in total. The molecule has 4 saturated carbocycles. The lowest BCUT2D eigenvalue weighted by Crippen LogP contribution is -2.57. The van der Waals surface area contributed by atoms with Crippen molar-refractivity contribution in [1.29, 1.82) is 0 Å². The number of fused-ring (bicyclic) bond motifs is 5. The number of rotatable bonds is 4. The van der Waals surface area contributed by atoms with Crippen LogP contribution in [0.3, 0.4) is 0 Å². The Morgan fingerprint density at radius 1 is 1.07 bits per heavy atom. The first-order valence-electron chi connectivity index (χ1n) is 11.7. The SMILES string of the molecule is C[C@@H](CCC(=O)[O-])[C@H]1CC[C@H]2[C@H]3[C@H](O)C[C@@H]4CCCC[C@]4(C)[C@@H]3CC[C@]12C. The summed E-state index contributed by atoms with van der Waals surface area (Å²) in [5.41, 5.74) is 0.730. The van der Waals surface area contributed by atoms with Gasteiger partial charge in [-0.3, -0.25) is 0 Å². The van der Waals surface area contributed by atoms with E-state index in [-0.39, 0.29) is 17.9 Å². The zero-order chi connectivity index (χ0) is 19.4. The van der Waals surface area contributed by atoms with Crippen LogP contribution in [0.15, 0.2) is 0 Å². The quantitative estimate of drug-likeness (QED) is 0.802. The van der Waals surface area contributed by atoms with Crippen molar-refractivity contribution in [3.8, 4) is 0 Å². The molecule has 4 aliphatic carbocycles. The average Bonchev–Trinajstić information content (AvgIpc) is 2.97. The maximum atomic E-state index is 11.2. The highest BCUT2D eigenvalue weighted by Gasteiger charge is 2.62. The Bertz CT molecular complexity index is 574. The number of carbonyl (C=O) groups is 1. The number of carboxylic acid groups (broad SMARTS) is 1. The summed E-state index contributed by atoms with van der Waals surface area (Å²) in [6, 6.07) is 0. The summed E-state index contributed by atoms with van der Waals surface area (Å²) in [5, 5.41) is 22.2. The van der Waals surface area contributed by atoms with E-state index in [4.69, 9.17) is 0 Å². The van der Waals surface area contributed by atoms with Gasteiger partial charge in [0, 0.05) is 5.97 Å². The molecule has 0 radical (unpaired) electrons.